The van der Waals surface area contributed by atoms with Crippen LogP contribution in [-0.2, 0) is 0 Å². The fourth-order valence-corrected chi connectivity index (χ4v) is 1.71. The van der Waals surface area contributed by atoms with Gasteiger partial charge in [0.25, 0.3) is 0 Å². The van der Waals surface area contributed by atoms with Crippen LogP contribution in [0.4, 0.5) is 13.2 Å². The van der Waals surface area contributed by atoms with Crippen LogP contribution in [0.3, 0.4) is 0 Å². The quantitative estimate of drug-likeness (QED) is 0.748. The molecule has 0 amide bonds. The molecule has 0 radical (unpaired) electrons. The summed E-state index contributed by atoms with van der Waals surface area (Å²) in [5.41, 5.74) is 0.807. The number of rotatable bonds is 1. The van der Waals surface area contributed by atoms with E-state index in [9.17, 15) is 13.2 Å². The van der Waals surface area contributed by atoms with Gasteiger partial charge in [-0.1, -0.05) is 11.6 Å². The molecule has 0 N–H and O–H groups in total. The third-order valence-corrected chi connectivity index (χ3v) is 2.59. The van der Waals surface area contributed by atoms with Gasteiger partial charge in [0.1, 0.15) is 5.82 Å². The highest BCUT2D eigenvalue weighted by Crippen LogP contribution is 2.28. The molecule has 0 aliphatic rings. The van der Waals surface area contributed by atoms with E-state index in [1.165, 1.54) is 12.1 Å². The van der Waals surface area contributed by atoms with Gasteiger partial charge in [-0.3, -0.25) is 0 Å². The Morgan fingerprint density at radius 2 is 1.56 bits per heavy atom. The first-order chi connectivity index (χ1) is 8.52. The molecule has 1 nitrogen and oxygen atoms in total. The van der Waals surface area contributed by atoms with E-state index in [0.29, 0.717) is 0 Å². The van der Waals surface area contributed by atoms with Gasteiger partial charge in [0.15, 0.2) is 11.6 Å². The Balaban J connectivity index is 2.75. The molecule has 0 bridgehead atoms. The van der Waals surface area contributed by atoms with Crippen molar-refractivity contribution in [3.63, 3.8) is 0 Å². The van der Waals surface area contributed by atoms with Crippen molar-refractivity contribution in [3.05, 3.63) is 58.9 Å². The first kappa shape index (κ1) is 12.2. The zero-order valence-electron chi connectivity index (χ0n) is 9.47. The van der Waals surface area contributed by atoms with Crippen LogP contribution in [0.15, 0.2) is 30.3 Å². The van der Waals surface area contributed by atoms with Gasteiger partial charge >= 0.3 is 0 Å². The predicted molar refractivity (Wildman–Crippen MR) is 61.2 cm³/mol. The normalized spacial score (nSPS) is 10.2. The molecule has 0 unspecified atom stereocenters. The van der Waals surface area contributed by atoms with Crippen molar-refractivity contribution in [1.82, 2.24) is 0 Å². The van der Waals surface area contributed by atoms with Crippen LogP contribution in [-0.4, -0.2) is 0 Å². The number of halogens is 3. The third-order valence-electron chi connectivity index (χ3n) is 2.59. The summed E-state index contributed by atoms with van der Waals surface area (Å²) in [6, 6.07) is 7.62. The number of hydrogen-bond donors (Lipinski definition) is 0. The van der Waals surface area contributed by atoms with Gasteiger partial charge < -0.3 is 0 Å². The van der Waals surface area contributed by atoms with Gasteiger partial charge in [-0.05, 0) is 31.2 Å². The van der Waals surface area contributed by atoms with Crippen LogP contribution in [0.5, 0.6) is 0 Å². The van der Waals surface area contributed by atoms with Crippen molar-refractivity contribution in [2.24, 2.45) is 0 Å². The zero-order chi connectivity index (χ0) is 13.3. The van der Waals surface area contributed by atoms with Crippen LogP contribution >= 0.6 is 0 Å². The number of benzene rings is 2. The van der Waals surface area contributed by atoms with Crippen molar-refractivity contribution in [2.75, 3.05) is 0 Å². The molecule has 90 valence electrons. The standard InChI is InChI=1S/C14H8F3N/c1-8-2-3-12(15)11(4-8)10-6-14(17)13(16)5-9(10)7-18/h2-6H,1H3. The maximum absolute atomic E-state index is 13.7. The first-order valence-corrected chi connectivity index (χ1v) is 5.18. The monoisotopic (exact) mass is 247 g/mol. The molecular weight excluding hydrogens is 239 g/mol. The van der Waals surface area contributed by atoms with E-state index in [-0.39, 0.29) is 16.7 Å². The number of hydrogen-bond acceptors (Lipinski definition) is 1. The highest BCUT2D eigenvalue weighted by Gasteiger charge is 2.14. The largest absolute Gasteiger partial charge is 0.206 e. The average Bonchev–Trinajstić information content (AvgIpc) is 2.35. The van der Waals surface area contributed by atoms with Crippen LogP contribution < -0.4 is 0 Å². The number of nitriles is 1. The second kappa shape index (κ2) is 4.53. The van der Waals surface area contributed by atoms with Gasteiger partial charge in [-0.25, -0.2) is 13.2 Å². The minimum absolute atomic E-state index is 0.0533. The predicted octanol–water partition coefficient (Wildman–Crippen LogP) is 3.95. The first-order valence-electron chi connectivity index (χ1n) is 5.18. The number of aryl methyl sites for hydroxylation is 1. The molecule has 0 saturated carbocycles. The molecule has 18 heavy (non-hydrogen) atoms. The summed E-state index contributed by atoms with van der Waals surface area (Å²) in [7, 11) is 0. The molecule has 0 aromatic heterocycles. The van der Waals surface area contributed by atoms with Crippen LogP contribution in [0.25, 0.3) is 11.1 Å². The molecule has 0 fully saturated rings. The van der Waals surface area contributed by atoms with Crippen molar-refractivity contribution >= 4 is 0 Å². The zero-order valence-corrected chi connectivity index (χ0v) is 9.47. The molecule has 2 rings (SSSR count). The van der Waals surface area contributed by atoms with Crippen LogP contribution in [0.1, 0.15) is 11.1 Å². The Bertz CT molecular complexity index is 657. The lowest BCUT2D eigenvalue weighted by molar-refractivity contribution is 0.508. The SMILES string of the molecule is Cc1ccc(F)c(-c2cc(F)c(F)cc2C#N)c1. The van der Waals surface area contributed by atoms with Crippen molar-refractivity contribution < 1.29 is 13.2 Å². The van der Waals surface area contributed by atoms with Gasteiger partial charge in [0.2, 0.25) is 0 Å². The topological polar surface area (TPSA) is 23.8 Å². The number of nitrogens with zero attached hydrogens (tertiary/aromatic N) is 1. The highest BCUT2D eigenvalue weighted by atomic mass is 19.2. The van der Waals surface area contributed by atoms with Gasteiger partial charge in [-0.2, -0.15) is 5.26 Å². The lowest BCUT2D eigenvalue weighted by Gasteiger charge is -2.07. The minimum atomic E-state index is -1.12. The second-order valence-corrected chi connectivity index (χ2v) is 3.91. The lowest BCUT2D eigenvalue weighted by Crippen LogP contribution is -1.94. The molecule has 0 atom stereocenters. The molecule has 2 aromatic rings. The summed E-state index contributed by atoms with van der Waals surface area (Å²) in [4.78, 5) is 0. The van der Waals surface area contributed by atoms with Crippen LogP contribution in [0.2, 0.25) is 0 Å². The Labute approximate surface area is 102 Å². The van der Waals surface area contributed by atoms with Crippen molar-refractivity contribution in [2.45, 2.75) is 6.92 Å². The molecule has 0 saturated heterocycles. The van der Waals surface area contributed by atoms with Crippen molar-refractivity contribution in [3.8, 4) is 17.2 Å². The Kier molecular flexibility index (Phi) is 3.07. The van der Waals surface area contributed by atoms with E-state index in [1.54, 1.807) is 19.1 Å². The summed E-state index contributed by atoms with van der Waals surface area (Å²) < 4.78 is 39.9. The van der Waals surface area contributed by atoms with Crippen LogP contribution in [0, 0.1) is 35.7 Å². The van der Waals surface area contributed by atoms with E-state index >= 15 is 0 Å². The van der Waals surface area contributed by atoms with E-state index in [1.807, 2.05) is 0 Å². The molecule has 0 aliphatic heterocycles. The summed E-state index contributed by atoms with van der Waals surface area (Å²) in [5, 5.41) is 8.89. The lowest BCUT2D eigenvalue weighted by atomic mass is 9.98. The Hall–Kier alpha value is -2.28. The van der Waals surface area contributed by atoms with Gasteiger partial charge in [0, 0.05) is 11.1 Å². The van der Waals surface area contributed by atoms with E-state index in [2.05, 4.69) is 0 Å². The van der Waals surface area contributed by atoms with E-state index < -0.39 is 17.5 Å². The molecule has 0 heterocycles. The average molecular weight is 247 g/mol. The summed E-state index contributed by atoms with van der Waals surface area (Å²) >= 11 is 0. The Morgan fingerprint density at radius 3 is 2.22 bits per heavy atom. The van der Waals surface area contributed by atoms with E-state index in [0.717, 1.165) is 17.7 Å². The van der Waals surface area contributed by atoms with Gasteiger partial charge in [0.05, 0.1) is 11.6 Å². The fourth-order valence-electron chi connectivity index (χ4n) is 1.71. The smallest absolute Gasteiger partial charge is 0.160 e. The van der Waals surface area contributed by atoms with E-state index in [4.69, 9.17) is 5.26 Å². The molecule has 0 spiro atoms. The fraction of sp³-hybridized carbons (Fsp3) is 0.0714. The molecule has 4 heteroatoms. The summed E-state index contributed by atoms with van der Waals surface area (Å²) in [6.45, 7) is 1.74. The third kappa shape index (κ3) is 2.07. The van der Waals surface area contributed by atoms with Gasteiger partial charge in [-0.15, -0.1) is 0 Å². The maximum atomic E-state index is 13.7. The minimum Gasteiger partial charge on any atom is -0.206 e. The van der Waals surface area contributed by atoms with Crippen molar-refractivity contribution in [1.29, 1.82) is 5.26 Å². The maximum Gasteiger partial charge on any atom is 0.160 e. The Morgan fingerprint density at radius 1 is 0.889 bits per heavy atom. The highest BCUT2D eigenvalue weighted by molar-refractivity contribution is 5.71. The molecule has 0 aliphatic carbocycles. The molecule has 2 aromatic carbocycles. The second-order valence-electron chi connectivity index (χ2n) is 3.91. The summed E-state index contributed by atoms with van der Waals surface area (Å²) in [5.74, 6) is -2.81. The summed E-state index contributed by atoms with van der Waals surface area (Å²) in [6.07, 6.45) is 0. The molecular formula is C14H8F3N.